The van der Waals surface area contributed by atoms with E-state index in [1.807, 2.05) is 6.07 Å². The van der Waals surface area contributed by atoms with E-state index in [1.54, 1.807) is 63.7 Å². The number of methoxy groups -OCH3 is 2. The van der Waals surface area contributed by atoms with Crippen molar-refractivity contribution in [1.29, 1.82) is 0 Å². The normalized spacial score (nSPS) is 11.5. The SMILES string of the molecule is COc1ccc(CN(C)S(=O)(=O)c2ccccc2)cc1OC. The van der Waals surface area contributed by atoms with E-state index in [9.17, 15) is 8.42 Å². The largest absolute Gasteiger partial charge is 0.493 e. The molecule has 0 spiro atoms. The molecular formula is C16H19NO4S. The highest BCUT2D eigenvalue weighted by Crippen LogP contribution is 2.28. The van der Waals surface area contributed by atoms with Crippen molar-refractivity contribution in [2.45, 2.75) is 11.4 Å². The van der Waals surface area contributed by atoms with Crippen LogP contribution in [0.2, 0.25) is 0 Å². The topological polar surface area (TPSA) is 55.8 Å². The molecule has 0 aliphatic carbocycles. The summed E-state index contributed by atoms with van der Waals surface area (Å²) in [6.45, 7) is 0.248. The molecule has 0 bridgehead atoms. The van der Waals surface area contributed by atoms with Gasteiger partial charge in [0.1, 0.15) is 0 Å². The van der Waals surface area contributed by atoms with Crippen molar-refractivity contribution in [3.05, 3.63) is 54.1 Å². The van der Waals surface area contributed by atoms with Crippen molar-refractivity contribution >= 4 is 10.0 Å². The van der Waals surface area contributed by atoms with Gasteiger partial charge in [-0.05, 0) is 29.8 Å². The van der Waals surface area contributed by atoms with Crippen LogP contribution in [0, 0.1) is 0 Å². The van der Waals surface area contributed by atoms with Crippen LogP contribution in [0.25, 0.3) is 0 Å². The fourth-order valence-electron chi connectivity index (χ4n) is 2.09. The minimum Gasteiger partial charge on any atom is -0.493 e. The molecule has 6 heteroatoms. The Morgan fingerprint density at radius 2 is 1.59 bits per heavy atom. The van der Waals surface area contributed by atoms with Gasteiger partial charge in [0.15, 0.2) is 11.5 Å². The van der Waals surface area contributed by atoms with Gasteiger partial charge in [0.05, 0.1) is 19.1 Å². The fraction of sp³-hybridized carbons (Fsp3) is 0.250. The van der Waals surface area contributed by atoms with Crippen molar-refractivity contribution in [1.82, 2.24) is 4.31 Å². The van der Waals surface area contributed by atoms with Crippen molar-refractivity contribution in [2.75, 3.05) is 21.3 Å². The number of rotatable bonds is 6. The molecule has 0 unspecified atom stereocenters. The van der Waals surface area contributed by atoms with E-state index < -0.39 is 10.0 Å². The number of benzene rings is 2. The first kappa shape index (κ1) is 16.3. The Kier molecular flexibility index (Phi) is 5.05. The zero-order valence-electron chi connectivity index (χ0n) is 12.8. The molecule has 0 aliphatic heterocycles. The van der Waals surface area contributed by atoms with Crippen LogP contribution in [-0.2, 0) is 16.6 Å². The molecule has 5 nitrogen and oxygen atoms in total. The Morgan fingerprint density at radius 1 is 0.955 bits per heavy atom. The molecule has 118 valence electrons. The van der Waals surface area contributed by atoms with Gasteiger partial charge in [0.2, 0.25) is 10.0 Å². The number of hydrogen-bond acceptors (Lipinski definition) is 4. The minimum absolute atomic E-state index is 0.248. The van der Waals surface area contributed by atoms with E-state index in [4.69, 9.17) is 9.47 Å². The lowest BCUT2D eigenvalue weighted by Crippen LogP contribution is -2.26. The van der Waals surface area contributed by atoms with Crippen LogP contribution in [0.15, 0.2) is 53.4 Å². The van der Waals surface area contributed by atoms with Crippen LogP contribution in [0.1, 0.15) is 5.56 Å². The maximum atomic E-state index is 12.5. The Balaban J connectivity index is 2.23. The standard InChI is InChI=1S/C16H19NO4S/c1-17(22(18,19)14-7-5-4-6-8-14)12-13-9-10-15(20-2)16(11-13)21-3/h4-11H,12H2,1-3H3. The lowest BCUT2D eigenvalue weighted by Gasteiger charge is -2.18. The van der Waals surface area contributed by atoms with Gasteiger partial charge in [-0.15, -0.1) is 0 Å². The van der Waals surface area contributed by atoms with E-state index in [0.29, 0.717) is 11.5 Å². The van der Waals surface area contributed by atoms with Gasteiger partial charge < -0.3 is 9.47 Å². The van der Waals surface area contributed by atoms with Crippen molar-refractivity contribution in [3.63, 3.8) is 0 Å². The highest BCUT2D eigenvalue weighted by atomic mass is 32.2. The van der Waals surface area contributed by atoms with Crippen molar-refractivity contribution in [3.8, 4) is 11.5 Å². The zero-order chi connectivity index (χ0) is 16.2. The summed E-state index contributed by atoms with van der Waals surface area (Å²) in [6.07, 6.45) is 0. The molecule has 0 heterocycles. The van der Waals surface area contributed by atoms with Crippen LogP contribution >= 0.6 is 0 Å². The lowest BCUT2D eigenvalue weighted by molar-refractivity contribution is 0.354. The monoisotopic (exact) mass is 321 g/mol. The Morgan fingerprint density at radius 3 is 2.18 bits per heavy atom. The Labute approximate surface area is 131 Å². The molecule has 0 atom stereocenters. The third-order valence-corrected chi connectivity index (χ3v) is 5.12. The van der Waals surface area contributed by atoms with E-state index in [2.05, 4.69) is 0 Å². The van der Waals surface area contributed by atoms with Crippen molar-refractivity contribution < 1.29 is 17.9 Å². The molecule has 0 saturated heterocycles. The van der Waals surface area contributed by atoms with E-state index in [0.717, 1.165) is 5.56 Å². The first-order valence-electron chi connectivity index (χ1n) is 6.71. The lowest BCUT2D eigenvalue weighted by atomic mass is 10.2. The molecule has 0 aliphatic rings. The third kappa shape index (κ3) is 3.40. The average Bonchev–Trinajstić information content (AvgIpc) is 2.55. The summed E-state index contributed by atoms with van der Waals surface area (Å²) in [5.74, 6) is 1.19. The number of hydrogen-bond donors (Lipinski definition) is 0. The van der Waals surface area contributed by atoms with Gasteiger partial charge in [0.25, 0.3) is 0 Å². The van der Waals surface area contributed by atoms with Gasteiger partial charge in [-0.1, -0.05) is 24.3 Å². The predicted octanol–water partition coefficient (Wildman–Crippen LogP) is 2.52. The van der Waals surface area contributed by atoms with Crippen LogP contribution in [0.5, 0.6) is 11.5 Å². The summed E-state index contributed by atoms with van der Waals surface area (Å²) in [5, 5.41) is 0. The molecule has 0 radical (unpaired) electrons. The van der Waals surface area contributed by atoms with Gasteiger partial charge in [-0.25, -0.2) is 8.42 Å². The van der Waals surface area contributed by atoms with Gasteiger partial charge in [-0.3, -0.25) is 0 Å². The number of ether oxygens (including phenoxy) is 2. The Bertz CT molecular complexity index is 729. The van der Waals surface area contributed by atoms with E-state index in [-0.39, 0.29) is 11.4 Å². The molecule has 2 aromatic carbocycles. The van der Waals surface area contributed by atoms with E-state index >= 15 is 0 Å². The highest BCUT2D eigenvalue weighted by Gasteiger charge is 2.20. The molecule has 0 N–H and O–H groups in total. The van der Waals surface area contributed by atoms with Gasteiger partial charge >= 0.3 is 0 Å². The molecular weight excluding hydrogens is 302 g/mol. The number of sulfonamides is 1. The minimum atomic E-state index is -3.51. The zero-order valence-corrected chi connectivity index (χ0v) is 13.6. The number of nitrogens with zero attached hydrogens (tertiary/aromatic N) is 1. The third-order valence-electron chi connectivity index (χ3n) is 3.30. The molecule has 0 aromatic heterocycles. The smallest absolute Gasteiger partial charge is 0.243 e. The maximum absolute atomic E-state index is 12.5. The first-order chi connectivity index (χ1) is 10.5. The fourth-order valence-corrected chi connectivity index (χ4v) is 3.27. The second kappa shape index (κ2) is 6.81. The predicted molar refractivity (Wildman–Crippen MR) is 84.6 cm³/mol. The van der Waals surface area contributed by atoms with Gasteiger partial charge in [0, 0.05) is 13.6 Å². The molecule has 2 rings (SSSR count). The van der Waals surface area contributed by atoms with Crippen LogP contribution in [-0.4, -0.2) is 34.0 Å². The van der Waals surface area contributed by atoms with Crippen LogP contribution in [0.3, 0.4) is 0 Å². The van der Waals surface area contributed by atoms with E-state index in [1.165, 1.54) is 4.31 Å². The molecule has 0 fully saturated rings. The molecule has 0 amide bonds. The van der Waals surface area contributed by atoms with Crippen LogP contribution in [0.4, 0.5) is 0 Å². The summed E-state index contributed by atoms with van der Waals surface area (Å²) in [5.41, 5.74) is 0.819. The summed E-state index contributed by atoms with van der Waals surface area (Å²) in [7, 11) is 1.15. The second-order valence-electron chi connectivity index (χ2n) is 4.76. The quantitative estimate of drug-likeness (QED) is 0.820. The molecule has 22 heavy (non-hydrogen) atoms. The summed E-state index contributed by atoms with van der Waals surface area (Å²) in [6, 6.07) is 13.7. The average molecular weight is 321 g/mol. The maximum Gasteiger partial charge on any atom is 0.243 e. The summed E-state index contributed by atoms with van der Waals surface area (Å²) >= 11 is 0. The highest BCUT2D eigenvalue weighted by molar-refractivity contribution is 7.89. The van der Waals surface area contributed by atoms with Crippen LogP contribution < -0.4 is 9.47 Å². The Hall–Kier alpha value is -2.05. The summed E-state index contributed by atoms with van der Waals surface area (Å²) in [4.78, 5) is 0.276. The first-order valence-corrected chi connectivity index (χ1v) is 8.15. The summed E-state index contributed by atoms with van der Waals surface area (Å²) < 4.78 is 36.7. The van der Waals surface area contributed by atoms with Crippen molar-refractivity contribution in [2.24, 2.45) is 0 Å². The van der Waals surface area contributed by atoms with Gasteiger partial charge in [-0.2, -0.15) is 4.31 Å². The second-order valence-corrected chi connectivity index (χ2v) is 6.81. The molecule has 2 aromatic rings. The molecule has 0 saturated carbocycles.